The SMILES string of the molecule is Cc1nn(C)c2nc(-c3cccs3)cc(C(=O)OCc3nc(-c4ccc([N+](=O)[O-])cc4)no3)c12. The van der Waals surface area contributed by atoms with Gasteiger partial charge in [0.1, 0.15) is 0 Å². The van der Waals surface area contributed by atoms with E-state index in [1.807, 2.05) is 17.5 Å². The number of ether oxygens (including phenoxy) is 1. The van der Waals surface area contributed by atoms with Crippen LogP contribution in [-0.2, 0) is 18.4 Å². The number of aryl methyl sites for hydroxylation is 2. The largest absolute Gasteiger partial charge is 0.452 e. The second-order valence-corrected chi connectivity index (χ2v) is 8.28. The lowest BCUT2D eigenvalue weighted by Gasteiger charge is -2.07. The van der Waals surface area contributed by atoms with E-state index in [0.717, 1.165) is 4.88 Å². The molecule has 1 aromatic carbocycles. The number of carbonyl (C=O) groups excluding carboxylic acids is 1. The lowest BCUT2D eigenvalue weighted by atomic mass is 10.1. The van der Waals surface area contributed by atoms with Gasteiger partial charge in [-0.3, -0.25) is 14.8 Å². The number of hydrogen-bond donors (Lipinski definition) is 0. The molecule has 5 aromatic rings. The Morgan fingerprint density at radius 2 is 2.03 bits per heavy atom. The summed E-state index contributed by atoms with van der Waals surface area (Å²) in [4.78, 5) is 33.2. The first-order chi connectivity index (χ1) is 16.4. The maximum atomic E-state index is 13.1. The number of pyridine rings is 1. The maximum absolute atomic E-state index is 13.1. The molecular weight excluding hydrogens is 460 g/mol. The van der Waals surface area contributed by atoms with Gasteiger partial charge < -0.3 is 9.26 Å². The third-order valence-corrected chi connectivity index (χ3v) is 5.99. The fourth-order valence-electron chi connectivity index (χ4n) is 3.52. The fraction of sp³-hybridized carbons (Fsp3) is 0.136. The van der Waals surface area contributed by atoms with Crippen molar-refractivity contribution in [3.63, 3.8) is 0 Å². The van der Waals surface area contributed by atoms with Gasteiger partial charge in [-0.2, -0.15) is 10.1 Å². The van der Waals surface area contributed by atoms with E-state index in [0.29, 0.717) is 33.5 Å². The molecule has 170 valence electrons. The standard InChI is InChI=1S/C22H16N6O5S/c1-12-19-15(10-16(17-4-3-9-34-17)23-21(19)27(2)25-12)22(29)32-11-18-24-20(26-33-18)13-5-7-14(8-6-13)28(30)31/h3-10H,11H2,1-2H3. The monoisotopic (exact) mass is 476 g/mol. The summed E-state index contributed by atoms with van der Waals surface area (Å²) >= 11 is 1.52. The minimum absolute atomic E-state index is 0.0438. The van der Waals surface area contributed by atoms with Gasteiger partial charge in [0.15, 0.2) is 12.3 Å². The molecule has 12 heteroatoms. The van der Waals surface area contributed by atoms with Crippen molar-refractivity contribution < 1.29 is 19.0 Å². The van der Waals surface area contributed by atoms with Crippen molar-refractivity contribution >= 4 is 34.0 Å². The topological polar surface area (TPSA) is 139 Å². The number of nitro benzene ring substituents is 1. The molecule has 0 fully saturated rings. The van der Waals surface area contributed by atoms with Gasteiger partial charge in [0, 0.05) is 24.7 Å². The zero-order valence-electron chi connectivity index (χ0n) is 18.0. The van der Waals surface area contributed by atoms with E-state index in [2.05, 4.69) is 20.2 Å². The summed E-state index contributed by atoms with van der Waals surface area (Å²) in [5, 5.41) is 21.6. The van der Waals surface area contributed by atoms with Crippen LogP contribution in [0.15, 0.2) is 52.4 Å². The zero-order valence-corrected chi connectivity index (χ0v) is 18.8. The number of fused-ring (bicyclic) bond motifs is 1. The van der Waals surface area contributed by atoms with Crippen LogP contribution in [0, 0.1) is 17.0 Å². The molecule has 0 amide bonds. The molecule has 34 heavy (non-hydrogen) atoms. The van der Waals surface area contributed by atoms with Crippen LogP contribution in [0.2, 0.25) is 0 Å². The second kappa shape index (κ2) is 8.48. The van der Waals surface area contributed by atoms with Gasteiger partial charge in [-0.1, -0.05) is 11.2 Å². The lowest BCUT2D eigenvalue weighted by Crippen LogP contribution is -2.07. The van der Waals surface area contributed by atoms with E-state index in [1.54, 1.807) is 24.7 Å². The predicted molar refractivity (Wildman–Crippen MR) is 122 cm³/mol. The highest BCUT2D eigenvalue weighted by Gasteiger charge is 2.21. The summed E-state index contributed by atoms with van der Waals surface area (Å²) in [6.45, 7) is 1.57. The number of carbonyl (C=O) groups is 1. The van der Waals surface area contributed by atoms with Gasteiger partial charge in [-0.05, 0) is 36.6 Å². The van der Waals surface area contributed by atoms with Crippen molar-refractivity contribution in [2.75, 3.05) is 0 Å². The van der Waals surface area contributed by atoms with Gasteiger partial charge in [0.2, 0.25) is 5.82 Å². The predicted octanol–water partition coefficient (Wildman–Crippen LogP) is 4.32. The molecule has 0 saturated heterocycles. The molecule has 0 N–H and O–H groups in total. The molecular formula is C22H16N6O5S. The van der Waals surface area contributed by atoms with Gasteiger partial charge in [0.25, 0.3) is 11.6 Å². The van der Waals surface area contributed by atoms with E-state index in [9.17, 15) is 14.9 Å². The van der Waals surface area contributed by atoms with Crippen molar-refractivity contribution in [3.05, 3.63) is 75.1 Å². The van der Waals surface area contributed by atoms with E-state index >= 15 is 0 Å². The third-order valence-electron chi connectivity index (χ3n) is 5.09. The number of rotatable bonds is 6. The average molecular weight is 476 g/mol. The van der Waals surface area contributed by atoms with Crippen LogP contribution in [0.5, 0.6) is 0 Å². The van der Waals surface area contributed by atoms with Crippen molar-refractivity contribution in [1.82, 2.24) is 24.9 Å². The van der Waals surface area contributed by atoms with E-state index in [1.165, 1.54) is 35.6 Å². The first-order valence-electron chi connectivity index (χ1n) is 10.0. The smallest absolute Gasteiger partial charge is 0.339 e. The molecule has 0 aliphatic heterocycles. The Kier molecular flexibility index (Phi) is 5.34. The van der Waals surface area contributed by atoms with Crippen molar-refractivity contribution in [2.24, 2.45) is 7.05 Å². The molecule has 0 saturated carbocycles. The van der Waals surface area contributed by atoms with Crippen LogP contribution in [0.25, 0.3) is 33.0 Å². The molecule has 4 aromatic heterocycles. The normalized spacial score (nSPS) is 11.1. The number of hydrogen-bond acceptors (Lipinski definition) is 10. The molecule has 0 atom stereocenters. The van der Waals surface area contributed by atoms with Gasteiger partial charge in [-0.25, -0.2) is 9.78 Å². The summed E-state index contributed by atoms with van der Waals surface area (Å²) in [7, 11) is 1.77. The van der Waals surface area contributed by atoms with Gasteiger partial charge in [-0.15, -0.1) is 11.3 Å². The first kappa shape index (κ1) is 21.4. The number of nitro groups is 1. The Labute approximate surface area is 195 Å². The summed E-state index contributed by atoms with van der Waals surface area (Å²) in [5.74, 6) is -0.250. The van der Waals surface area contributed by atoms with Gasteiger partial charge >= 0.3 is 5.97 Å². The van der Waals surface area contributed by atoms with Gasteiger partial charge in [0.05, 0.1) is 32.1 Å². The minimum atomic E-state index is -0.573. The lowest BCUT2D eigenvalue weighted by molar-refractivity contribution is -0.384. The van der Waals surface area contributed by atoms with Crippen LogP contribution in [0.4, 0.5) is 5.69 Å². The fourth-order valence-corrected chi connectivity index (χ4v) is 4.21. The van der Waals surface area contributed by atoms with Crippen LogP contribution >= 0.6 is 11.3 Å². The van der Waals surface area contributed by atoms with Crippen LogP contribution in [0.3, 0.4) is 0 Å². The molecule has 0 aliphatic carbocycles. The molecule has 0 bridgehead atoms. The maximum Gasteiger partial charge on any atom is 0.339 e. The molecule has 0 spiro atoms. The number of benzene rings is 1. The van der Waals surface area contributed by atoms with Crippen molar-refractivity contribution in [3.8, 4) is 22.0 Å². The molecule has 0 radical (unpaired) electrons. The average Bonchev–Trinajstić information content (AvgIpc) is 3.59. The highest BCUT2D eigenvalue weighted by atomic mass is 32.1. The second-order valence-electron chi connectivity index (χ2n) is 7.33. The van der Waals surface area contributed by atoms with Crippen molar-refractivity contribution in [1.29, 1.82) is 0 Å². The molecule has 4 heterocycles. The third kappa shape index (κ3) is 3.90. The minimum Gasteiger partial charge on any atom is -0.452 e. The number of aromatic nitrogens is 5. The molecule has 0 unspecified atom stereocenters. The van der Waals surface area contributed by atoms with E-state index in [4.69, 9.17) is 9.26 Å². The number of esters is 1. The Morgan fingerprint density at radius 1 is 1.24 bits per heavy atom. The highest BCUT2D eigenvalue weighted by molar-refractivity contribution is 7.13. The summed E-state index contributed by atoms with van der Waals surface area (Å²) < 4.78 is 12.3. The number of non-ortho nitro benzene ring substituents is 1. The molecule has 5 rings (SSSR count). The summed E-state index contributed by atoms with van der Waals surface area (Å²) in [6, 6.07) is 11.3. The first-order valence-corrected chi connectivity index (χ1v) is 10.9. The van der Waals surface area contributed by atoms with E-state index < -0.39 is 10.9 Å². The highest BCUT2D eigenvalue weighted by Crippen LogP contribution is 2.30. The Bertz CT molecular complexity index is 1520. The Morgan fingerprint density at radius 3 is 2.74 bits per heavy atom. The molecule has 0 aliphatic rings. The number of thiophene rings is 1. The Balaban J connectivity index is 1.39. The zero-order chi connectivity index (χ0) is 23.8. The summed E-state index contributed by atoms with van der Waals surface area (Å²) in [6.07, 6.45) is 0. The van der Waals surface area contributed by atoms with Crippen molar-refractivity contribution in [2.45, 2.75) is 13.5 Å². The summed E-state index contributed by atoms with van der Waals surface area (Å²) in [5.41, 5.74) is 2.72. The van der Waals surface area contributed by atoms with E-state index in [-0.39, 0.29) is 24.0 Å². The van der Waals surface area contributed by atoms with Crippen LogP contribution < -0.4 is 0 Å². The van der Waals surface area contributed by atoms with Crippen LogP contribution in [0.1, 0.15) is 21.9 Å². The van der Waals surface area contributed by atoms with Crippen LogP contribution in [-0.4, -0.2) is 35.8 Å². The quantitative estimate of drug-likeness (QED) is 0.199. The number of nitrogens with zero attached hydrogens (tertiary/aromatic N) is 6. The molecule has 11 nitrogen and oxygen atoms in total. The Hall–Kier alpha value is -4.45.